The molecule has 0 aliphatic rings. The Morgan fingerprint density at radius 2 is 2.00 bits per heavy atom. The number of aryl methyl sites for hydroxylation is 1. The summed E-state index contributed by atoms with van der Waals surface area (Å²) in [5, 5.41) is 7.99. The van der Waals surface area contributed by atoms with Gasteiger partial charge in [-0.05, 0) is 37.1 Å². The third-order valence-electron chi connectivity index (χ3n) is 3.31. The molecule has 0 aliphatic carbocycles. The van der Waals surface area contributed by atoms with Crippen molar-refractivity contribution in [3.05, 3.63) is 52.3 Å². The van der Waals surface area contributed by atoms with Gasteiger partial charge in [0.1, 0.15) is 0 Å². The molecule has 0 bridgehead atoms. The fraction of sp³-hybridized carbons (Fsp3) is 0.438. The van der Waals surface area contributed by atoms with Crippen LogP contribution < -0.4 is 5.32 Å². The zero-order valence-corrected chi connectivity index (χ0v) is 13.7. The molecule has 0 fully saturated rings. The summed E-state index contributed by atoms with van der Waals surface area (Å²) in [5.41, 5.74) is 2.60. The van der Waals surface area contributed by atoms with Crippen molar-refractivity contribution >= 4 is 15.9 Å². The topological polar surface area (TPSA) is 29.9 Å². The first-order valence-electron chi connectivity index (χ1n) is 7.23. The van der Waals surface area contributed by atoms with E-state index < -0.39 is 0 Å². The number of hydrogen-bond acceptors (Lipinski definition) is 2. The van der Waals surface area contributed by atoms with E-state index in [0.717, 1.165) is 30.4 Å². The summed E-state index contributed by atoms with van der Waals surface area (Å²) >= 11 is 3.48. The third-order valence-corrected chi connectivity index (χ3v) is 3.84. The maximum absolute atomic E-state index is 4.43. The van der Waals surface area contributed by atoms with E-state index in [9.17, 15) is 0 Å². The molecule has 20 heavy (non-hydrogen) atoms. The predicted octanol–water partition coefficient (Wildman–Crippen LogP) is 3.95. The van der Waals surface area contributed by atoms with Crippen LogP contribution in [0.4, 0.5) is 0 Å². The second-order valence-corrected chi connectivity index (χ2v) is 5.89. The normalized spacial score (nSPS) is 12.6. The first-order valence-corrected chi connectivity index (χ1v) is 8.02. The molecule has 0 spiro atoms. The maximum atomic E-state index is 4.43. The van der Waals surface area contributed by atoms with Gasteiger partial charge in [0.15, 0.2) is 0 Å². The van der Waals surface area contributed by atoms with Gasteiger partial charge in [-0.1, -0.05) is 41.9 Å². The van der Waals surface area contributed by atoms with Gasteiger partial charge >= 0.3 is 0 Å². The van der Waals surface area contributed by atoms with E-state index in [1.54, 1.807) is 0 Å². The van der Waals surface area contributed by atoms with Crippen LogP contribution in [0.25, 0.3) is 0 Å². The summed E-state index contributed by atoms with van der Waals surface area (Å²) in [6.07, 6.45) is 6.25. The van der Waals surface area contributed by atoms with Crippen LogP contribution in [-0.4, -0.2) is 16.3 Å². The van der Waals surface area contributed by atoms with Crippen molar-refractivity contribution in [2.24, 2.45) is 0 Å². The zero-order chi connectivity index (χ0) is 14.4. The Morgan fingerprint density at radius 3 is 2.65 bits per heavy atom. The molecule has 1 N–H and O–H groups in total. The molecule has 0 radical (unpaired) electrons. The van der Waals surface area contributed by atoms with Gasteiger partial charge in [0.2, 0.25) is 0 Å². The van der Waals surface area contributed by atoms with Crippen molar-refractivity contribution in [3.8, 4) is 0 Å². The number of aromatic nitrogens is 2. The van der Waals surface area contributed by atoms with Gasteiger partial charge in [0, 0.05) is 28.8 Å². The van der Waals surface area contributed by atoms with Gasteiger partial charge in [0.05, 0.1) is 6.20 Å². The van der Waals surface area contributed by atoms with E-state index in [1.807, 2.05) is 10.9 Å². The van der Waals surface area contributed by atoms with Crippen LogP contribution >= 0.6 is 15.9 Å². The first-order chi connectivity index (χ1) is 9.72. The van der Waals surface area contributed by atoms with Gasteiger partial charge in [-0.15, -0.1) is 0 Å². The molecule has 0 saturated heterocycles. The van der Waals surface area contributed by atoms with Crippen molar-refractivity contribution in [2.75, 3.05) is 6.54 Å². The molecule has 1 unspecified atom stereocenters. The standard InChI is InChI=1S/C16H22BrN3/c1-3-9-20-12-14(11-19-20)16(18-4-2)10-13-5-7-15(17)8-6-13/h5-8,11-12,16,18H,3-4,9-10H2,1-2H3. The van der Waals surface area contributed by atoms with E-state index in [2.05, 4.69) is 70.7 Å². The minimum absolute atomic E-state index is 0.326. The molecular weight excluding hydrogens is 314 g/mol. The SMILES string of the molecule is CCCn1cc(C(Cc2ccc(Br)cc2)NCC)cn1. The minimum Gasteiger partial charge on any atom is -0.310 e. The lowest BCUT2D eigenvalue weighted by Crippen LogP contribution is -2.22. The van der Waals surface area contributed by atoms with E-state index >= 15 is 0 Å². The minimum atomic E-state index is 0.326. The Kier molecular flexibility index (Phi) is 5.80. The van der Waals surface area contributed by atoms with Crippen LogP contribution in [0.15, 0.2) is 41.1 Å². The summed E-state index contributed by atoms with van der Waals surface area (Å²) in [7, 11) is 0. The molecule has 2 aromatic rings. The van der Waals surface area contributed by atoms with Crippen LogP contribution in [0, 0.1) is 0 Å². The van der Waals surface area contributed by atoms with Crippen LogP contribution in [0.5, 0.6) is 0 Å². The van der Waals surface area contributed by atoms with E-state index in [4.69, 9.17) is 0 Å². The van der Waals surface area contributed by atoms with Gasteiger partial charge in [-0.3, -0.25) is 4.68 Å². The van der Waals surface area contributed by atoms with Crippen molar-refractivity contribution in [2.45, 2.75) is 39.3 Å². The van der Waals surface area contributed by atoms with Crippen molar-refractivity contribution in [1.82, 2.24) is 15.1 Å². The van der Waals surface area contributed by atoms with Crippen LogP contribution in [0.2, 0.25) is 0 Å². The number of likely N-dealkylation sites (N-methyl/N-ethyl adjacent to an activating group) is 1. The maximum Gasteiger partial charge on any atom is 0.0537 e. The molecule has 1 heterocycles. The molecule has 0 aliphatic heterocycles. The third kappa shape index (κ3) is 4.18. The highest BCUT2D eigenvalue weighted by molar-refractivity contribution is 9.10. The molecule has 1 atom stereocenters. The summed E-state index contributed by atoms with van der Waals surface area (Å²) in [6.45, 7) is 6.26. The number of rotatable bonds is 7. The van der Waals surface area contributed by atoms with Crippen molar-refractivity contribution in [3.63, 3.8) is 0 Å². The zero-order valence-electron chi connectivity index (χ0n) is 12.1. The second kappa shape index (κ2) is 7.60. The highest BCUT2D eigenvalue weighted by atomic mass is 79.9. The van der Waals surface area contributed by atoms with Gasteiger partial charge in [-0.2, -0.15) is 5.10 Å². The number of hydrogen-bond donors (Lipinski definition) is 1. The Bertz CT molecular complexity index is 519. The highest BCUT2D eigenvalue weighted by Crippen LogP contribution is 2.19. The monoisotopic (exact) mass is 335 g/mol. The van der Waals surface area contributed by atoms with Gasteiger partial charge < -0.3 is 5.32 Å². The average Bonchev–Trinajstić information content (AvgIpc) is 2.90. The lowest BCUT2D eigenvalue weighted by atomic mass is 10.0. The molecule has 2 rings (SSSR count). The van der Waals surface area contributed by atoms with E-state index in [-0.39, 0.29) is 0 Å². The van der Waals surface area contributed by atoms with Crippen molar-refractivity contribution < 1.29 is 0 Å². The molecule has 1 aromatic carbocycles. The molecular formula is C16H22BrN3. The Labute approximate surface area is 129 Å². The molecule has 0 amide bonds. The Morgan fingerprint density at radius 1 is 1.25 bits per heavy atom. The molecule has 1 aromatic heterocycles. The lowest BCUT2D eigenvalue weighted by molar-refractivity contribution is 0.547. The number of halogens is 1. The molecule has 0 saturated carbocycles. The quantitative estimate of drug-likeness (QED) is 0.830. The predicted molar refractivity (Wildman–Crippen MR) is 86.8 cm³/mol. The molecule has 4 heteroatoms. The highest BCUT2D eigenvalue weighted by Gasteiger charge is 2.13. The van der Waals surface area contributed by atoms with Crippen LogP contribution in [0.1, 0.15) is 37.4 Å². The first kappa shape index (κ1) is 15.3. The number of nitrogens with zero attached hydrogens (tertiary/aromatic N) is 2. The van der Waals surface area contributed by atoms with E-state index in [0.29, 0.717) is 6.04 Å². The van der Waals surface area contributed by atoms with Gasteiger partial charge in [0.25, 0.3) is 0 Å². The lowest BCUT2D eigenvalue weighted by Gasteiger charge is -2.16. The summed E-state index contributed by atoms with van der Waals surface area (Å²) in [4.78, 5) is 0. The Balaban J connectivity index is 2.10. The van der Waals surface area contributed by atoms with E-state index in [1.165, 1.54) is 11.1 Å². The second-order valence-electron chi connectivity index (χ2n) is 4.98. The summed E-state index contributed by atoms with van der Waals surface area (Å²) in [6, 6.07) is 8.86. The average molecular weight is 336 g/mol. The Hall–Kier alpha value is -1.13. The fourth-order valence-corrected chi connectivity index (χ4v) is 2.59. The van der Waals surface area contributed by atoms with Crippen LogP contribution in [0.3, 0.4) is 0 Å². The summed E-state index contributed by atoms with van der Waals surface area (Å²) < 4.78 is 3.15. The molecule has 3 nitrogen and oxygen atoms in total. The summed E-state index contributed by atoms with van der Waals surface area (Å²) in [5.74, 6) is 0. The number of nitrogens with one attached hydrogen (secondary N) is 1. The number of benzene rings is 1. The van der Waals surface area contributed by atoms with Crippen LogP contribution in [-0.2, 0) is 13.0 Å². The van der Waals surface area contributed by atoms with Crippen molar-refractivity contribution in [1.29, 1.82) is 0 Å². The smallest absolute Gasteiger partial charge is 0.0537 e. The largest absolute Gasteiger partial charge is 0.310 e. The van der Waals surface area contributed by atoms with Gasteiger partial charge in [-0.25, -0.2) is 0 Å². The fourth-order valence-electron chi connectivity index (χ4n) is 2.32. The molecule has 108 valence electrons.